The number of para-hydroxylation sites is 2. The molecule has 0 saturated heterocycles. The van der Waals surface area contributed by atoms with Gasteiger partial charge in [0.25, 0.3) is 0 Å². The molecule has 2 aliphatic carbocycles. The van der Waals surface area contributed by atoms with E-state index in [1.54, 1.807) is 17.0 Å². The minimum absolute atomic E-state index is 0.00193. The van der Waals surface area contributed by atoms with Crippen molar-refractivity contribution in [2.75, 3.05) is 0 Å². The summed E-state index contributed by atoms with van der Waals surface area (Å²) in [7, 11) is 0. The van der Waals surface area contributed by atoms with Crippen LogP contribution in [0.2, 0.25) is 0 Å². The molecule has 2 saturated carbocycles. The smallest absolute Gasteiger partial charge is 0.329 e. The van der Waals surface area contributed by atoms with Crippen LogP contribution in [-0.4, -0.2) is 35.6 Å². The molecular weight excluding hydrogens is 404 g/mol. The van der Waals surface area contributed by atoms with Crippen molar-refractivity contribution in [3.63, 3.8) is 0 Å². The van der Waals surface area contributed by atoms with Crippen LogP contribution in [0.1, 0.15) is 50.4 Å². The second-order valence-corrected chi connectivity index (χ2v) is 8.95. The van der Waals surface area contributed by atoms with Gasteiger partial charge in [-0.3, -0.25) is 18.9 Å². The highest BCUT2D eigenvalue weighted by Gasteiger charge is 2.29. The third-order valence-corrected chi connectivity index (χ3v) is 6.44. The van der Waals surface area contributed by atoms with Gasteiger partial charge in [0.05, 0.1) is 34.8 Å². The van der Waals surface area contributed by atoms with Crippen molar-refractivity contribution in [3.05, 3.63) is 59.0 Å². The molecule has 0 spiro atoms. The Morgan fingerprint density at radius 3 is 2.69 bits per heavy atom. The summed E-state index contributed by atoms with van der Waals surface area (Å²) in [5.41, 5.74) is 3.71. The molecule has 8 heteroatoms. The highest BCUT2D eigenvalue weighted by atomic mass is 16.2. The maximum atomic E-state index is 13.3. The fraction of sp³-hybridized carbons (Fsp3) is 0.417. The van der Waals surface area contributed by atoms with E-state index >= 15 is 0 Å². The van der Waals surface area contributed by atoms with Gasteiger partial charge < -0.3 is 9.88 Å². The zero-order valence-corrected chi connectivity index (χ0v) is 17.9. The number of aryl methyl sites for hydroxylation is 1. The molecule has 0 atom stereocenters. The Balaban J connectivity index is 1.33. The minimum Gasteiger partial charge on any atom is -0.353 e. The van der Waals surface area contributed by atoms with Gasteiger partial charge in [0.15, 0.2) is 0 Å². The van der Waals surface area contributed by atoms with Crippen molar-refractivity contribution < 1.29 is 4.79 Å². The Labute approximate surface area is 184 Å². The molecule has 2 fully saturated rings. The lowest BCUT2D eigenvalue weighted by Gasteiger charge is -2.10. The number of pyridine rings is 1. The summed E-state index contributed by atoms with van der Waals surface area (Å²) in [6.45, 7) is 1.06. The van der Waals surface area contributed by atoms with Crippen LogP contribution in [0.25, 0.3) is 22.1 Å². The fourth-order valence-corrected chi connectivity index (χ4v) is 4.53. The first-order valence-corrected chi connectivity index (χ1v) is 11.5. The van der Waals surface area contributed by atoms with Crippen molar-refractivity contribution >= 4 is 28.0 Å². The largest absolute Gasteiger partial charge is 0.353 e. The highest BCUT2D eigenvalue weighted by molar-refractivity contribution is 5.78. The maximum Gasteiger partial charge on any atom is 0.329 e. The van der Waals surface area contributed by atoms with Crippen molar-refractivity contribution in [2.45, 2.75) is 63.7 Å². The van der Waals surface area contributed by atoms with Crippen molar-refractivity contribution in [3.8, 4) is 0 Å². The lowest BCUT2D eigenvalue weighted by atomic mass is 10.2. The Kier molecular flexibility index (Phi) is 4.59. The fourth-order valence-electron chi connectivity index (χ4n) is 4.53. The average Bonchev–Trinajstić information content (AvgIpc) is 3.73. The van der Waals surface area contributed by atoms with Crippen LogP contribution < -0.4 is 11.0 Å². The summed E-state index contributed by atoms with van der Waals surface area (Å²) < 4.78 is 5.85. The molecule has 32 heavy (non-hydrogen) atoms. The van der Waals surface area contributed by atoms with Crippen LogP contribution in [-0.2, 0) is 17.9 Å². The summed E-state index contributed by atoms with van der Waals surface area (Å²) in [6.07, 6.45) is 9.02. The molecule has 1 aromatic carbocycles. The molecule has 2 aliphatic rings. The van der Waals surface area contributed by atoms with Gasteiger partial charge in [0.2, 0.25) is 5.91 Å². The third-order valence-electron chi connectivity index (χ3n) is 6.44. The minimum atomic E-state index is -0.00193. The van der Waals surface area contributed by atoms with Gasteiger partial charge in [0.1, 0.15) is 5.82 Å². The predicted molar refractivity (Wildman–Crippen MR) is 121 cm³/mol. The molecule has 0 aliphatic heterocycles. The summed E-state index contributed by atoms with van der Waals surface area (Å²) >= 11 is 0. The van der Waals surface area contributed by atoms with Gasteiger partial charge in [-0.05, 0) is 50.3 Å². The Morgan fingerprint density at radius 2 is 1.88 bits per heavy atom. The number of aromatic nitrogens is 5. The number of hydrogen-bond acceptors (Lipinski definition) is 4. The number of carbonyl (C=O) groups excluding carboxylic acids is 1. The Bertz CT molecular complexity index is 1370. The molecule has 3 heterocycles. The van der Waals surface area contributed by atoms with Crippen LogP contribution in [0.15, 0.2) is 47.5 Å². The van der Waals surface area contributed by atoms with Crippen LogP contribution in [0.3, 0.4) is 0 Å². The van der Waals surface area contributed by atoms with Crippen molar-refractivity contribution in [2.24, 2.45) is 0 Å². The lowest BCUT2D eigenvalue weighted by Crippen LogP contribution is -2.26. The molecule has 0 radical (unpaired) electrons. The number of imidazole rings is 2. The molecule has 0 unspecified atom stereocenters. The van der Waals surface area contributed by atoms with Crippen molar-refractivity contribution in [1.29, 1.82) is 0 Å². The third kappa shape index (κ3) is 3.49. The molecule has 3 aromatic heterocycles. The SMILES string of the molecule is O=C(CCCn1c(Cn2c(=O)n(C3CC3)c3ccncc32)nc2ccccc21)NC1CC1. The van der Waals surface area contributed by atoms with Crippen LogP contribution in [0.4, 0.5) is 0 Å². The molecule has 1 N–H and O–H groups in total. The van der Waals surface area contributed by atoms with E-state index in [2.05, 4.69) is 14.9 Å². The summed E-state index contributed by atoms with van der Waals surface area (Å²) in [5, 5.41) is 3.05. The molecule has 1 amide bonds. The van der Waals surface area contributed by atoms with E-state index in [1.807, 2.05) is 34.9 Å². The van der Waals surface area contributed by atoms with Gasteiger partial charge in [0, 0.05) is 31.2 Å². The standard InChI is InChI=1S/C24H26N6O2/c31-23(26-16-7-8-16)6-3-13-28-19-5-2-1-4-18(19)27-22(28)15-29-21-14-25-12-11-20(21)30(24(29)32)17-9-10-17/h1-2,4-5,11-12,14,16-17H,3,6-10,13,15H2,(H,26,31). The number of carbonyl (C=O) groups is 1. The topological polar surface area (TPSA) is 86.7 Å². The summed E-state index contributed by atoms with van der Waals surface area (Å²) in [5.74, 6) is 0.947. The second kappa shape index (κ2) is 7.62. The van der Waals surface area contributed by atoms with E-state index < -0.39 is 0 Å². The van der Waals surface area contributed by atoms with Gasteiger partial charge in [-0.25, -0.2) is 9.78 Å². The number of hydrogen-bond donors (Lipinski definition) is 1. The molecule has 0 bridgehead atoms. The van der Waals surface area contributed by atoms with E-state index in [4.69, 9.17) is 4.98 Å². The second-order valence-electron chi connectivity index (χ2n) is 8.95. The summed E-state index contributed by atoms with van der Waals surface area (Å²) in [4.78, 5) is 34.6. The van der Waals surface area contributed by atoms with Crippen LogP contribution >= 0.6 is 0 Å². The molecule has 8 nitrogen and oxygen atoms in total. The van der Waals surface area contributed by atoms with Gasteiger partial charge >= 0.3 is 5.69 Å². The van der Waals surface area contributed by atoms with E-state index in [9.17, 15) is 9.59 Å². The number of nitrogens with zero attached hydrogens (tertiary/aromatic N) is 5. The lowest BCUT2D eigenvalue weighted by molar-refractivity contribution is -0.121. The Hall–Kier alpha value is -3.42. The van der Waals surface area contributed by atoms with E-state index in [-0.39, 0.29) is 17.6 Å². The van der Waals surface area contributed by atoms with E-state index in [0.717, 1.165) is 60.0 Å². The van der Waals surface area contributed by atoms with E-state index in [0.29, 0.717) is 25.6 Å². The number of rotatable bonds is 8. The maximum absolute atomic E-state index is 13.3. The van der Waals surface area contributed by atoms with Gasteiger partial charge in [-0.2, -0.15) is 0 Å². The van der Waals surface area contributed by atoms with Gasteiger partial charge in [-0.15, -0.1) is 0 Å². The average molecular weight is 431 g/mol. The van der Waals surface area contributed by atoms with Crippen molar-refractivity contribution in [1.82, 2.24) is 29.0 Å². The first kappa shape index (κ1) is 19.3. The van der Waals surface area contributed by atoms with Crippen LogP contribution in [0, 0.1) is 0 Å². The summed E-state index contributed by atoms with van der Waals surface area (Å²) in [6, 6.07) is 10.6. The Morgan fingerprint density at radius 1 is 1.03 bits per heavy atom. The normalized spacial score (nSPS) is 16.1. The predicted octanol–water partition coefficient (Wildman–Crippen LogP) is 2.99. The molecular formula is C24H26N6O2. The van der Waals surface area contributed by atoms with Gasteiger partial charge in [-0.1, -0.05) is 12.1 Å². The molecule has 4 aromatic rings. The molecule has 6 rings (SSSR count). The number of benzene rings is 1. The first-order valence-electron chi connectivity index (χ1n) is 11.5. The van der Waals surface area contributed by atoms with Crippen LogP contribution in [0.5, 0.6) is 0 Å². The van der Waals surface area contributed by atoms with E-state index in [1.165, 1.54) is 0 Å². The monoisotopic (exact) mass is 430 g/mol. The zero-order chi connectivity index (χ0) is 21.7. The first-order chi connectivity index (χ1) is 15.7. The quantitative estimate of drug-likeness (QED) is 0.466. The number of nitrogens with one attached hydrogen (secondary N) is 1. The zero-order valence-electron chi connectivity index (χ0n) is 17.9. The molecule has 164 valence electrons. The highest BCUT2D eigenvalue weighted by Crippen LogP contribution is 2.36. The number of fused-ring (bicyclic) bond motifs is 2. The number of amides is 1.